The number of aromatic nitrogens is 5. The second-order valence-electron chi connectivity index (χ2n) is 8.33. The van der Waals surface area contributed by atoms with Crippen LogP contribution in [0.15, 0.2) is 66.5 Å². The third-order valence-corrected chi connectivity index (χ3v) is 6.27. The third-order valence-electron chi connectivity index (χ3n) is 6.05. The minimum atomic E-state index is -0.121. The van der Waals surface area contributed by atoms with E-state index in [0.29, 0.717) is 28.4 Å². The van der Waals surface area contributed by atoms with Crippen LogP contribution in [0.25, 0.3) is 34.1 Å². The number of benzene rings is 2. The van der Waals surface area contributed by atoms with Crippen molar-refractivity contribution in [3.63, 3.8) is 0 Å². The minimum absolute atomic E-state index is 0.121. The number of nitrogen functional groups attached to an aromatic ring is 1. The zero-order valence-corrected chi connectivity index (χ0v) is 19.0. The average Bonchev–Trinajstić information content (AvgIpc) is 3.53. The Morgan fingerprint density at radius 2 is 2.00 bits per heavy atom. The van der Waals surface area contributed by atoms with Gasteiger partial charge in [0.05, 0.1) is 39.2 Å². The highest BCUT2D eigenvalue weighted by molar-refractivity contribution is 6.30. The fourth-order valence-electron chi connectivity index (χ4n) is 4.36. The molecule has 5 aromatic rings. The topological polar surface area (TPSA) is 102 Å². The SMILES string of the molecule is Cc1nc2ccc(-n3ncc(C(=O)C4=Cc5ccc(-c6ccc(Cl)cn6)cc5C4)c3N)cc2[nH]1. The number of imidazole rings is 1. The molecule has 0 saturated carbocycles. The van der Waals surface area contributed by atoms with Crippen LogP contribution in [0.5, 0.6) is 0 Å². The number of rotatable bonds is 4. The Hall–Kier alpha value is -4.23. The minimum Gasteiger partial charge on any atom is -0.383 e. The Morgan fingerprint density at radius 3 is 2.82 bits per heavy atom. The molecule has 1 aliphatic rings. The van der Waals surface area contributed by atoms with Gasteiger partial charge in [0.25, 0.3) is 0 Å². The van der Waals surface area contributed by atoms with E-state index in [1.54, 1.807) is 10.9 Å². The van der Waals surface area contributed by atoms with Gasteiger partial charge in [-0.25, -0.2) is 9.67 Å². The average molecular weight is 467 g/mol. The van der Waals surface area contributed by atoms with Gasteiger partial charge in [-0.05, 0) is 60.5 Å². The molecule has 0 bridgehead atoms. The molecular weight excluding hydrogens is 448 g/mol. The van der Waals surface area contributed by atoms with Gasteiger partial charge in [-0.3, -0.25) is 9.78 Å². The van der Waals surface area contributed by atoms with Gasteiger partial charge in [-0.15, -0.1) is 0 Å². The number of nitrogens with one attached hydrogen (secondary N) is 1. The summed E-state index contributed by atoms with van der Waals surface area (Å²) in [7, 11) is 0. The third kappa shape index (κ3) is 3.38. The van der Waals surface area contributed by atoms with Gasteiger partial charge in [0.2, 0.25) is 0 Å². The van der Waals surface area contributed by atoms with Crippen molar-refractivity contribution in [2.24, 2.45) is 0 Å². The van der Waals surface area contributed by atoms with Gasteiger partial charge < -0.3 is 10.7 Å². The highest BCUT2D eigenvalue weighted by Gasteiger charge is 2.24. The Labute approximate surface area is 199 Å². The lowest BCUT2D eigenvalue weighted by molar-refractivity contribution is 0.103. The van der Waals surface area contributed by atoms with Crippen molar-refractivity contribution in [1.29, 1.82) is 0 Å². The molecule has 0 amide bonds. The number of carbonyl (C=O) groups is 1. The summed E-state index contributed by atoms with van der Waals surface area (Å²) in [5, 5.41) is 4.99. The number of allylic oxidation sites excluding steroid dienone is 1. The molecule has 34 heavy (non-hydrogen) atoms. The summed E-state index contributed by atoms with van der Waals surface area (Å²) < 4.78 is 1.58. The molecular formula is C26H19ClN6O. The molecule has 1 aliphatic carbocycles. The van der Waals surface area contributed by atoms with E-state index in [4.69, 9.17) is 17.3 Å². The molecule has 0 unspecified atom stereocenters. The summed E-state index contributed by atoms with van der Waals surface area (Å²) in [5.74, 6) is 1.02. The zero-order chi connectivity index (χ0) is 23.4. The number of nitrogens with zero attached hydrogens (tertiary/aromatic N) is 4. The van der Waals surface area contributed by atoms with Crippen LogP contribution in [-0.2, 0) is 6.42 Å². The number of hydrogen-bond acceptors (Lipinski definition) is 5. The maximum atomic E-state index is 13.3. The molecule has 0 saturated heterocycles. The Balaban J connectivity index is 1.27. The molecule has 8 heteroatoms. The fourth-order valence-corrected chi connectivity index (χ4v) is 4.48. The van der Waals surface area contributed by atoms with Crippen molar-refractivity contribution in [3.8, 4) is 16.9 Å². The second-order valence-corrected chi connectivity index (χ2v) is 8.77. The number of halogens is 1. The van der Waals surface area contributed by atoms with Crippen molar-refractivity contribution in [2.45, 2.75) is 13.3 Å². The van der Waals surface area contributed by atoms with Gasteiger partial charge in [-0.2, -0.15) is 5.10 Å². The lowest BCUT2D eigenvalue weighted by Gasteiger charge is -2.06. The smallest absolute Gasteiger partial charge is 0.194 e. The van der Waals surface area contributed by atoms with Gasteiger partial charge in [0.1, 0.15) is 11.6 Å². The molecule has 6 rings (SSSR count). The van der Waals surface area contributed by atoms with Crippen molar-refractivity contribution < 1.29 is 4.79 Å². The summed E-state index contributed by atoms with van der Waals surface area (Å²) in [5.41, 5.74) is 13.9. The summed E-state index contributed by atoms with van der Waals surface area (Å²) in [6.07, 6.45) is 5.61. The number of anilines is 1. The summed E-state index contributed by atoms with van der Waals surface area (Å²) in [6, 6.07) is 15.5. The first-order valence-corrected chi connectivity index (χ1v) is 11.1. The predicted octanol–water partition coefficient (Wildman–Crippen LogP) is 5.18. The number of fused-ring (bicyclic) bond motifs is 2. The molecule has 2 aromatic carbocycles. The van der Waals surface area contributed by atoms with E-state index >= 15 is 0 Å². The number of ketones is 1. The lowest BCUT2D eigenvalue weighted by atomic mass is 10.0. The largest absolute Gasteiger partial charge is 0.383 e. The van der Waals surface area contributed by atoms with E-state index in [2.05, 4.69) is 26.1 Å². The van der Waals surface area contributed by atoms with Gasteiger partial charge in [0, 0.05) is 23.8 Å². The van der Waals surface area contributed by atoms with E-state index in [1.165, 1.54) is 6.20 Å². The Kier molecular flexibility index (Phi) is 4.60. The molecule has 166 valence electrons. The molecule has 3 heterocycles. The van der Waals surface area contributed by atoms with Crippen molar-refractivity contribution >= 4 is 40.3 Å². The van der Waals surface area contributed by atoms with Gasteiger partial charge in [0.15, 0.2) is 5.78 Å². The number of pyridine rings is 1. The first-order valence-electron chi connectivity index (χ1n) is 10.8. The standard InChI is InChI=1S/C26H19ClN6O/c1-14-31-23-7-5-20(11-24(23)32-14)33-26(28)21(13-30-33)25(34)18-8-15-2-3-16(9-17(15)10-18)22-6-4-19(27)12-29-22/h2-9,11-13H,10,28H2,1H3,(H,31,32). The van der Waals surface area contributed by atoms with E-state index in [9.17, 15) is 4.79 Å². The zero-order valence-electron chi connectivity index (χ0n) is 18.2. The number of H-pyrrole nitrogens is 1. The van der Waals surface area contributed by atoms with Crippen LogP contribution in [0.4, 0.5) is 5.82 Å². The van der Waals surface area contributed by atoms with Crippen LogP contribution in [0, 0.1) is 6.92 Å². The number of nitrogens with two attached hydrogens (primary N) is 1. The Bertz CT molecular complexity index is 1630. The van der Waals surface area contributed by atoms with Crippen LogP contribution in [0.1, 0.15) is 27.3 Å². The quantitative estimate of drug-likeness (QED) is 0.355. The molecule has 7 nitrogen and oxygen atoms in total. The van der Waals surface area contributed by atoms with E-state index in [-0.39, 0.29) is 5.78 Å². The summed E-state index contributed by atoms with van der Waals surface area (Å²) in [4.78, 5) is 25.4. The normalized spacial score (nSPS) is 12.7. The maximum absolute atomic E-state index is 13.3. The number of aromatic amines is 1. The van der Waals surface area contributed by atoms with Crippen LogP contribution in [0.2, 0.25) is 5.02 Å². The number of aryl methyl sites for hydroxylation is 1. The van der Waals surface area contributed by atoms with Crippen molar-refractivity contribution in [2.75, 3.05) is 5.73 Å². The Morgan fingerprint density at radius 1 is 1.12 bits per heavy atom. The highest BCUT2D eigenvalue weighted by Crippen LogP contribution is 2.32. The molecule has 0 radical (unpaired) electrons. The fraction of sp³-hybridized carbons (Fsp3) is 0.0769. The summed E-state index contributed by atoms with van der Waals surface area (Å²) in [6.45, 7) is 1.90. The van der Waals surface area contributed by atoms with E-state index < -0.39 is 0 Å². The maximum Gasteiger partial charge on any atom is 0.194 e. The molecule has 3 aromatic heterocycles. The monoisotopic (exact) mass is 466 g/mol. The number of hydrogen-bond donors (Lipinski definition) is 2. The highest BCUT2D eigenvalue weighted by atomic mass is 35.5. The molecule has 0 atom stereocenters. The molecule has 0 aliphatic heterocycles. The summed E-state index contributed by atoms with van der Waals surface area (Å²) >= 11 is 5.96. The molecule has 0 fully saturated rings. The molecule has 3 N–H and O–H groups in total. The van der Waals surface area contributed by atoms with Crippen LogP contribution in [0.3, 0.4) is 0 Å². The van der Waals surface area contributed by atoms with Gasteiger partial charge >= 0.3 is 0 Å². The lowest BCUT2D eigenvalue weighted by Crippen LogP contribution is -2.08. The van der Waals surface area contributed by atoms with Crippen molar-refractivity contribution in [1.82, 2.24) is 24.7 Å². The van der Waals surface area contributed by atoms with Crippen LogP contribution < -0.4 is 5.73 Å². The second kappa shape index (κ2) is 7.67. The number of carbonyl (C=O) groups excluding carboxylic acids is 1. The van der Waals surface area contributed by atoms with E-state index in [0.717, 1.165) is 44.9 Å². The van der Waals surface area contributed by atoms with Crippen LogP contribution in [-0.4, -0.2) is 30.5 Å². The van der Waals surface area contributed by atoms with Crippen LogP contribution >= 0.6 is 11.6 Å². The van der Waals surface area contributed by atoms with Crippen molar-refractivity contribution in [3.05, 3.63) is 94.0 Å². The first-order chi connectivity index (χ1) is 16.5. The first kappa shape index (κ1) is 20.4. The van der Waals surface area contributed by atoms with Gasteiger partial charge in [-0.1, -0.05) is 23.7 Å². The molecule has 0 spiro atoms. The van der Waals surface area contributed by atoms with E-state index in [1.807, 2.05) is 55.5 Å². The predicted molar refractivity (Wildman–Crippen MR) is 133 cm³/mol. The number of Topliss-reactive ketones (excluding diaryl/α,β-unsaturated/α-hetero) is 1.